The second-order valence-corrected chi connectivity index (χ2v) is 6.51. The molecule has 2 aliphatic rings. The molecule has 0 N–H and O–H groups in total. The Labute approximate surface area is 138 Å². The molecule has 124 valence electrons. The van der Waals surface area contributed by atoms with Gasteiger partial charge in [-0.15, -0.1) is 0 Å². The van der Waals surface area contributed by atoms with Crippen molar-refractivity contribution < 1.29 is 14.3 Å². The van der Waals surface area contributed by atoms with Crippen molar-refractivity contribution in [3.05, 3.63) is 41.5 Å². The van der Waals surface area contributed by atoms with Crippen molar-refractivity contribution in [1.29, 1.82) is 0 Å². The quantitative estimate of drug-likeness (QED) is 0.791. The molecule has 1 fully saturated rings. The van der Waals surface area contributed by atoms with Crippen LogP contribution in [0.4, 0.5) is 4.79 Å². The Balaban J connectivity index is 1.89. The fraction of sp³-hybridized carbons (Fsp3) is 0.526. The van der Waals surface area contributed by atoms with E-state index >= 15 is 0 Å². The molecule has 0 aromatic heterocycles. The third kappa shape index (κ3) is 2.94. The van der Waals surface area contributed by atoms with Crippen LogP contribution in [0.25, 0.3) is 0 Å². The molecule has 1 amide bonds. The van der Waals surface area contributed by atoms with E-state index in [0.29, 0.717) is 13.2 Å². The van der Waals surface area contributed by atoms with Gasteiger partial charge in [0.1, 0.15) is 5.75 Å². The number of carbonyl (C=O) groups excluding carboxylic acids is 1. The smallest absolute Gasteiger partial charge is 0.410 e. The molecule has 1 aliphatic carbocycles. The number of ether oxygens (including phenoxy) is 2. The Morgan fingerprint density at radius 2 is 2.00 bits per heavy atom. The van der Waals surface area contributed by atoms with E-state index in [4.69, 9.17) is 9.47 Å². The van der Waals surface area contributed by atoms with E-state index in [1.54, 1.807) is 7.11 Å². The molecule has 4 nitrogen and oxygen atoms in total. The number of rotatable bonds is 4. The molecular formula is C19H25NO3. The summed E-state index contributed by atoms with van der Waals surface area (Å²) < 4.78 is 10.5. The summed E-state index contributed by atoms with van der Waals surface area (Å²) >= 11 is 0. The number of hydrogen-bond donors (Lipinski definition) is 0. The Kier molecular flexibility index (Phi) is 4.33. The maximum Gasteiger partial charge on any atom is 0.410 e. The lowest BCUT2D eigenvalue weighted by Gasteiger charge is -2.39. The highest BCUT2D eigenvalue weighted by Gasteiger charge is 2.54. The Morgan fingerprint density at radius 3 is 2.57 bits per heavy atom. The molecule has 1 heterocycles. The van der Waals surface area contributed by atoms with Gasteiger partial charge in [0.2, 0.25) is 0 Å². The fourth-order valence-corrected chi connectivity index (χ4v) is 3.65. The largest absolute Gasteiger partial charge is 0.497 e. The van der Waals surface area contributed by atoms with Gasteiger partial charge in [-0.05, 0) is 50.8 Å². The van der Waals surface area contributed by atoms with Crippen molar-refractivity contribution >= 4 is 6.09 Å². The van der Waals surface area contributed by atoms with Crippen molar-refractivity contribution in [2.75, 3.05) is 20.3 Å². The lowest BCUT2D eigenvalue weighted by Crippen LogP contribution is -2.49. The first-order valence-corrected chi connectivity index (χ1v) is 8.34. The lowest BCUT2D eigenvalue weighted by molar-refractivity contribution is 0.0832. The number of carbonyl (C=O) groups is 1. The number of benzene rings is 1. The summed E-state index contributed by atoms with van der Waals surface area (Å²) in [6, 6.07) is 8.48. The number of hydrogen-bond acceptors (Lipinski definition) is 3. The first-order chi connectivity index (χ1) is 11.1. The average Bonchev–Trinajstić information content (AvgIpc) is 3.37. The zero-order valence-electron chi connectivity index (χ0n) is 14.2. The normalized spacial score (nSPS) is 22.3. The van der Waals surface area contributed by atoms with E-state index in [0.717, 1.165) is 25.0 Å². The lowest BCUT2D eigenvalue weighted by atomic mass is 9.82. The van der Waals surface area contributed by atoms with Crippen molar-refractivity contribution in [2.24, 2.45) is 0 Å². The Bertz CT molecular complexity index is 602. The summed E-state index contributed by atoms with van der Waals surface area (Å²) in [5, 5.41) is 0. The van der Waals surface area contributed by atoms with Gasteiger partial charge in [-0.1, -0.05) is 23.8 Å². The molecule has 0 spiro atoms. The van der Waals surface area contributed by atoms with Gasteiger partial charge in [0.05, 0.1) is 13.7 Å². The van der Waals surface area contributed by atoms with Crippen LogP contribution in [0, 0.1) is 0 Å². The summed E-state index contributed by atoms with van der Waals surface area (Å²) in [6.07, 6.45) is 5.10. The maximum atomic E-state index is 12.4. The number of nitrogens with zero attached hydrogens (tertiary/aromatic N) is 1. The van der Waals surface area contributed by atoms with Crippen molar-refractivity contribution in [1.82, 2.24) is 4.90 Å². The SMILES string of the molecule is CCOC(=O)N1CC=C(C)CC1C1(c2ccc(OC)cc2)CC1. The van der Waals surface area contributed by atoms with Crippen LogP contribution in [-0.4, -0.2) is 37.3 Å². The second-order valence-electron chi connectivity index (χ2n) is 6.51. The standard InChI is InChI=1S/C19H25NO3/c1-4-23-18(21)20-12-9-14(2)13-17(20)19(10-11-19)15-5-7-16(22-3)8-6-15/h5-9,17H,4,10-13H2,1-3H3. The first-order valence-electron chi connectivity index (χ1n) is 8.34. The van der Waals surface area contributed by atoms with Gasteiger partial charge in [-0.25, -0.2) is 4.79 Å². The zero-order valence-corrected chi connectivity index (χ0v) is 14.2. The predicted molar refractivity (Wildman–Crippen MR) is 89.8 cm³/mol. The Morgan fingerprint density at radius 1 is 1.30 bits per heavy atom. The van der Waals surface area contributed by atoms with E-state index in [1.165, 1.54) is 11.1 Å². The minimum atomic E-state index is -0.193. The molecular weight excluding hydrogens is 290 g/mol. The van der Waals surface area contributed by atoms with Crippen LogP contribution >= 0.6 is 0 Å². The van der Waals surface area contributed by atoms with Crippen LogP contribution in [0.3, 0.4) is 0 Å². The van der Waals surface area contributed by atoms with E-state index in [9.17, 15) is 4.79 Å². The molecule has 23 heavy (non-hydrogen) atoms. The van der Waals surface area contributed by atoms with Crippen LogP contribution in [0.1, 0.15) is 38.7 Å². The van der Waals surface area contributed by atoms with E-state index < -0.39 is 0 Å². The van der Waals surface area contributed by atoms with Gasteiger partial charge in [-0.3, -0.25) is 0 Å². The molecule has 1 aromatic carbocycles. The third-order valence-corrected chi connectivity index (χ3v) is 5.12. The van der Waals surface area contributed by atoms with E-state index in [1.807, 2.05) is 24.0 Å². The minimum absolute atomic E-state index is 0.0640. The number of methoxy groups -OCH3 is 1. The highest BCUT2D eigenvalue weighted by atomic mass is 16.6. The second kappa shape index (κ2) is 6.26. The summed E-state index contributed by atoms with van der Waals surface area (Å²) in [7, 11) is 1.68. The van der Waals surface area contributed by atoms with Crippen molar-refractivity contribution in [3.8, 4) is 5.75 Å². The van der Waals surface area contributed by atoms with Crippen LogP contribution in [0.5, 0.6) is 5.75 Å². The first kappa shape index (κ1) is 15.9. The van der Waals surface area contributed by atoms with Crippen LogP contribution in [-0.2, 0) is 10.2 Å². The summed E-state index contributed by atoms with van der Waals surface area (Å²) in [6.45, 7) is 5.07. The van der Waals surface area contributed by atoms with Gasteiger partial charge in [0.25, 0.3) is 0 Å². The van der Waals surface area contributed by atoms with Gasteiger partial charge in [-0.2, -0.15) is 0 Å². The zero-order chi connectivity index (χ0) is 16.4. The van der Waals surface area contributed by atoms with Gasteiger partial charge in [0, 0.05) is 18.0 Å². The molecule has 1 unspecified atom stereocenters. The summed E-state index contributed by atoms with van der Waals surface area (Å²) in [5.41, 5.74) is 2.72. The van der Waals surface area contributed by atoms with E-state index in [-0.39, 0.29) is 17.6 Å². The molecule has 0 bridgehead atoms. The van der Waals surface area contributed by atoms with Gasteiger partial charge < -0.3 is 14.4 Å². The molecule has 1 atom stereocenters. The van der Waals surface area contributed by atoms with Crippen molar-refractivity contribution in [3.63, 3.8) is 0 Å². The van der Waals surface area contributed by atoms with E-state index in [2.05, 4.69) is 25.1 Å². The van der Waals surface area contributed by atoms with Crippen LogP contribution < -0.4 is 4.74 Å². The third-order valence-electron chi connectivity index (χ3n) is 5.12. The van der Waals surface area contributed by atoms with Gasteiger partial charge >= 0.3 is 6.09 Å². The predicted octanol–water partition coefficient (Wildman–Crippen LogP) is 3.90. The molecule has 1 aliphatic heterocycles. The highest BCUT2D eigenvalue weighted by molar-refractivity contribution is 5.69. The van der Waals surface area contributed by atoms with Gasteiger partial charge in [0.15, 0.2) is 0 Å². The number of amides is 1. The van der Waals surface area contributed by atoms with Crippen LogP contribution in [0.15, 0.2) is 35.9 Å². The molecule has 3 rings (SSSR count). The fourth-order valence-electron chi connectivity index (χ4n) is 3.65. The maximum absolute atomic E-state index is 12.4. The molecule has 4 heteroatoms. The minimum Gasteiger partial charge on any atom is -0.497 e. The monoisotopic (exact) mass is 315 g/mol. The average molecular weight is 315 g/mol. The highest BCUT2D eigenvalue weighted by Crippen LogP contribution is 2.54. The van der Waals surface area contributed by atoms with Crippen molar-refractivity contribution in [2.45, 2.75) is 44.6 Å². The summed E-state index contributed by atoms with van der Waals surface area (Å²) in [4.78, 5) is 14.3. The van der Waals surface area contributed by atoms with Crippen LogP contribution in [0.2, 0.25) is 0 Å². The Hall–Kier alpha value is -1.97. The molecule has 1 aromatic rings. The molecule has 0 saturated heterocycles. The molecule has 0 radical (unpaired) electrons. The topological polar surface area (TPSA) is 38.8 Å². The molecule has 1 saturated carbocycles. The summed E-state index contributed by atoms with van der Waals surface area (Å²) in [5.74, 6) is 0.867.